The topological polar surface area (TPSA) is 61.4 Å². The Balaban J connectivity index is 2.12. The van der Waals surface area contributed by atoms with E-state index < -0.39 is 6.10 Å². The van der Waals surface area contributed by atoms with E-state index in [2.05, 4.69) is 10.6 Å². The van der Waals surface area contributed by atoms with Gasteiger partial charge in [0.1, 0.15) is 0 Å². The number of anilines is 1. The van der Waals surface area contributed by atoms with Crippen molar-refractivity contribution in [2.45, 2.75) is 19.4 Å². The largest absolute Gasteiger partial charge is 0.387 e. The number of fused-ring (bicyclic) bond motifs is 1. The van der Waals surface area contributed by atoms with Crippen LogP contribution in [0.1, 0.15) is 24.2 Å². The minimum atomic E-state index is -0.513. The molecule has 3 N–H and O–H groups in total. The molecule has 86 valence electrons. The van der Waals surface area contributed by atoms with Crippen LogP contribution in [0.3, 0.4) is 0 Å². The van der Waals surface area contributed by atoms with E-state index in [1.807, 2.05) is 25.1 Å². The first-order valence-corrected chi connectivity index (χ1v) is 5.52. The third kappa shape index (κ3) is 2.23. The average molecular weight is 220 g/mol. The molecular weight excluding hydrogens is 204 g/mol. The number of aliphatic hydroxyl groups excluding tert-OH is 1. The number of aliphatic hydroxyl groups is 1. The molecule has 4 heteroatoms. The minimum Gasteiger partial charge on any atom is -0.387 e. The van der Waals surface area contributed by atoms with Gasteiger partial charge >= 0.3 is 0 Å². The average Bonchev–Trinajstić information content (AvgIpc) is 2.64. The molecule has 0 aromatic heterocycles. The fourth-order valence-electron chi connectivity index (χ4n) is 1.86. The zero-order valence-electron chi connectivity index (χ0n) is 9.29. The standard InChI is InChI=1S/C12H16N2O2/c1-2-13-7-11(15)8-3-4-10-9(5-8)6-12(16)14-10/h3-5,11,13,15H,2,6-7H2,1H3,(H,14,16). The van der Waals surface area contributed by atoms with Crippen molar-refractivity contribution >= 4 is 11.6 Å². The van der Waals surface area contributed by atoms with Gasteiger partial charge in [0, 0.05) is 12.2 Å². The Morgan fingerprint density at radius 2 is 2.38 bits per heavy atom. The monoisotopic (exact) mass is 220 g/mol. The van der Waals surface area contributed by atoms with Crippen molar-refractivity contribution in [3.05, 3.63) is 29.3 Å². The molecule has 1 unspecified atom stereocenters. The number of carbonyl (C=O) groups is 1. The highest BCUT2D eigenvalue weighted by Gasteiger charge is 2.18. The molecule has 1 aromatic rings. The zero-order chi connectivity index (χ0) is 11.5. The number of hydrogen-bond acceptors (Lipinski definition) is 3. The summed E-state index contributed by atoms with van der Waals surface area (Å²) in [7, 11) is 0. The fourth-order valence-corrected chi connectivity index (χ4v) is 1.86. The molecule has 2 rings (SSSR count). The number of benzene rings is 1. The van der Waals surface area contributed by atoms with Crippen LogP contribution in [0.5, 0.6) is 0 Å². The van der Waals surface area contributed by atoms with E-state index >= 15 is 0 Å². The van der Waals surface area contributed by atoms with E-state index in [4.69, 9.17) is 0 Å². The van der Waals surface area contributed by atoms with Crippen molar-refractivity contribution in [2.75, 3.05) is 18.4 Å². The number of rotatable bonds is 4. The van der Waals surface area contributed by atoms with Crippen molar-refractivity contribution in [1.82, 2.24) is 5.32 Å². The van der Waals surface area contributed by atoms with E-state index in [-0.39, 0.29) is 5.91 Å². The molecule has 1 atom stereocenters. The van der Waals surface area contributed by atoms with Gasteiger partial charge in [0.15, 0.2) is 0 Å². The van der Waals surface area contributed by atoms with Crippen molar-refractivity contribution < 1.29 is 9.90 Å². The molecule has 1 aliphatic rings. The van der Waals surface area contributed by atoms with Crippen LogP contribution in [0.25, 0.3) is 0 Å². The van der Waals surface area contributed by atoms with Gasteiger partial charge in [0.25, 0.3) is 0 Å². The fraction of sp³-hybridized carbons (Fsp3) is 0.417. The number of carbonyl (C=O) groups excluding carboxylic acids is 1. The van der Waals surface area contributed by atoms with Crippen LogP contribution in [0, 0.1) is 0 Å². The molecule has 0 spiro atoms. The predicted octanol–water partition coefficient (Wildman–Crippen LogP) is 0.824. The molecule has 1 aromatic carbocycles. The molecule has 0 aliphatic carbocycles. The van der Waals surface area contributed by atoms with Gasteiger partial charge in [-0.05, 0) is 23.7 Å². The van der Waals surface area contributed by atoms with Gasteiger partial charge in [-0.2, -0.15) is 0 Å². The smallest absolute Gasteiger partial charge is 0.228 e. The Morgan fingerprint density at radius 1 is 1.56 bits per heavy atom. The Hall–Kier alpha value is -1.39. The highest BCUT2D eigenvalue weighted by Crippen LogP contribution is 2.26. The van der Waals surface area contributed by atoms with Gasteiger partial charge in [0.2, 0.25) is 5.91 Å². The van der Waals surface area contributed by atoms with E-state index in [0.717, 1.165) is 23.4 Å². The number of likely N-dealkylation sites (N-methyl/N-ethyl adjacent to an activating group) is 1. The number of hydrogen-bond donors (Lipinski definition) is 3. The normalized spacial score (nSPS) is 15.8. The van der Waals surface area contributed by atoms with Crippen LogP contribution in [0.4, 0.5) is 5.69 Å². The third-order valence-electron chi connectivity index (χ3n) is 2.73. The second kappa shape index (κ2) is 4.63. The van der Waals surface area contributed by atoms with Crippen LogP contribution in [-0.2, 0) is 11.2 Å². The summed E-state index contributed by atoms with van der Waals surface area (Å²) in [6, 6.07) is 5.60. The SMILES string of the molecule is CCNCC(O)c1ccc2c(c1)CC(=O)N2. The van der Waals surface area contributed by atoms with Crippen LogP contribution < -0.4 is 10.6 Å². The molecule has 1 aliphatic heterocycles. The third-order valence-corrected chi connectivity index (χ3v) is 2.73. The molecular formula is C12H16N2O2. The van der Waals surface area contributed by atoms with E-state index in [0.29, 0.717) is 13.0 Å². The molecule has 1 heterocycles. The Kier molecular flexibility index (Phi) is 3.22. The van der Waals surface area contributed by atoms with E-state index in [1.165, 1.54) is 0 Å². The van der Waals surface area contributed by atoms with Gasteiger partial charge in [-0.1, -0.05) is 19.1 Å². The van der Waals surface area contributed by atoms with Crippen molar-refractivity contribution in [1.29, 1.82) is 0 Å². The van der Waals surface area contributed by atoms with Crippen molar-refractivity contribution in [3.8, 4) is 0 Å². The molecule has 0 bridgehead atoms. The van der Waals surface area contributed by atoms with Gasteiger partial charge in [-0.15, -0.1) is 0 Å². The summed E-state index contributed by atoms with van der Waals surface area (Å²) >= 11 is 0. The summed E-state index contributed by atoms with van der Waals surface area (Å²) < 4.78 is 0. The lowest BCUT2D eigenvalue weighted by Crippen LogP contribution is -2.20. The van der Waals surface area contributed by atoms with E-state index in [1.54, 1.807) is 0 Å². The molecule has 0 saturated carbocycles. The molecule has 16 heavy (non-hydrogen) atoms. The Morgan fingerprint density at radius 3 is 3.12 bits per heavy atom. The van der Waals surface area contributed by atoms with E-state index in [9.17, 15) is 9.90 Å². The first-order valence-electron chi connectivity index (χ1n) is 5.52. The van der Waals surface area contributed by atoms with Crippen LogP contribution in [-0.4, -0.2) is 24.1 Å². The molecule has 0 saturated heterocycles. The summed E-state index contributed by atoms with van der Waals surface area (Å²) in [5.41, 5.74) is 2.69. The minimum absolute atomic E-state index is 0.0216. The first-order chi connectivity index (χ1) is 7.70. The highest BCUT2D eigenvalue weighted by molar-refractivity contribution is 5.99. The maximum absolute atomic E-state index is 11.2. The molecule has 0 fully saturated rings. The number of nitrogens with one attached hydrogen (secondary N) is 2. The lowest BCUT2D eigenvalue weighted by molar-refractivity contribution is -0.115. The first kappa shape index (κ1) is 11.1. The maximum atomic E-state index is 11.2. The summed E-state index contributed by atoms with van der Waals surface area (Å²) in [6.45, 7) is 3.37. The van der Waals surface area contributed by atoms with Crippen LogP contribution in [0.2, 0.25) is 0 Å². The second-order valence-electron chi connectivity index (χ2n) is 3.97. The summed E-state index contributed by atoms with van der Waals surface area (Å²) in [5, 5.41) is 15.7. The predicted molar refractivity (Wildman–Crippen MR) is 62.3 cm³/mol. The molecule has 4 nitrogen and oxygen atoms in total. The molecule has 0 radical (unpaired) electrons. The Bertz CT molecular complexity index is 404. The lowest BCUT2D eigenvalue weighted by atomic mass is 10.0. The van der Waals surface area contributed by atoms with Crippen LogP contribution in [0.15, 0.2) is 18.2 Å². The summed E-state index contributed by atoms with van der Waals surface area (Å²) in [6.07, 6.45) is -0.0992. The Labute approximate surface area is 94.7 Å². The number of amides is 1. The van der Waals surface area contributed by atoms with Crippen LogP contribution >= 0.6 is 0 Å². The second-order valence-corrected chi connectivity index (χ2v) is 3.97. The zero-order valence-corrected chi connectivity index (χ0v) is 9.29. The van der Waals surface area contributed by atoms with Gasteiger partial charge in [-0.3, -0.25) is 4.79 Å². The molecule has 1 amide bonds. The van der Waals surface area contributed by atoms with Crippen molar-refractivity contribution in [3.63, 3.8) is 0 Å². The van der Waals surface area contributed by atoms with Crippen molar-refractivity contribution in [2.24, 2.45) is 0 Å². The maximum Gasteiger partial charge on any atom is 0.228 e. The van der Waals surface area contributed by atoms with Gasteiger partial charge in [0.05, 0.1) is 12.5 Å². The lowest BCUT2D eigenvalue weighted by Gasteiger charge is -2.12. The summed E-state index contributed by atoms with van der Waals surface area (Å²) in [5.74, 6) is 0.0216. The highest BCUT2D eigenvalue weighted by atomic mass is 16.3. The quantitative estimate of drug-likeness (QED) is 0.704. The van der Waals surface area contributed by atoms with Gasteiger partial charge in [-0.25, -0.2) is 0 Å². The van der Waals surface area contributed by atoms with Gasteiger partial charge < -0.3 is 15.7 Å². The summed E-state index contributed by atoms with van der Waals surface area (Å²) in [4.78, 5) is 11.2.